The van der Waals surface area contributed by atoms with Crippen LogP contribution in [-0.2, 0) is 4.79 Å². The molecule has 0 unspecified atom stereocenters. The van der Waals surface area contributed by atoms with E-state index in [1.807, 2.05) is 31.2 Å². The van der Waals surface area contributed by atoms with Gasteiger partial charge in [-0.1, -0.05) is 17.7 Å². The largest absolute Gasteiger partial charge is 0.481 e. The highest BCUT2D eigenvalue weighted by Crippen LogP contribution is 2.13. The first-order valence-corrected chi connectivity index (χ1v) is 4.58. The second-order valence-corrected chi connectivity index (χ2v) is 3.19. The lowest BCUT2D eigenvalue weighted by molar-refractivity contribution is -0.126. The summed E-state index contributed by atoms with van der Waals surface area (Å²) >= 11 is 0. The van der Waals surface area contributed by atoms with Gasteiger partial charge in [0.25, 0.3) is 5.91 Å². The van der Waals surface area contributed by atoms with Crippen LogP contribution in [0.3, 0.4) is 0 Å². The van der Waals surface area contributed by atoms with Crippen molar-refractivity contribution in [3.8, 4) is 5.75 Å². The zero-order valence-electron chi connectivity index (χ0n) is 8.70. The maximum Gasteiger partial charge on any atom is 0.260 e. The molecular formula is C11H15NO2. The van der Waals surface area contributed by atoms with Crippen LogP contribution >= 0.6 is 0 Å². The molecule has 0 fully saturated rings. The Morgan fingerprint density at radius 2 is 1.93 bits per heavy atom. The fraction of sp³-hybridized carbons (Fsp3) is 0.364. The first kappa shape index (κ1) is 10.6. The van der Waals surface area contributed by atoms with Gasteiger partial charge in [0.15, 0.2) is 6.10 Å². The number of hydrogen-bond donors (Lipinski definition) is 1. The van der Waals surface area contributed by atoms with E-state index < -0.39 is 6.10 Å². The van der Waals surface area contributed by atoms with Crippen molar-refractivity contribution in [2.45, 2.75) is 20.0 Å². The van der Waals surface area contributed by atoms with Gasteiger partial charge in [0.1, 0.15) is 5.75 Å². The number of nitrogens with one attached hydrogen (secondary N) is 1. The van der Waals surface area contributed by atoms with Crippen molar-refractivity contribution >= 4 is 5.91 Å². The van der Waals surface area contributed by atoms with Crippen LogP contribution in [0.5, 0.6) is 5.75 Å². The maximum atomic E-state index is 11.1. The predicted octanol–water partition coefficient (Wildman–Crippen LogP) is 1.51. The molecule has 0 spiro atoms. The minimum Gasteiger partial charge on any atom is -0.481 e. The van der Waals surface area contributed by atoms with Gasteiger partial charge in [0.2, 0.25) is 0 Å². The smallest absolute Gasteiger partial charge is 0.260 e. The van der Waals surface area contributed by atoms with E-state index in [4.69, 9.17) is 4.74 Å². The molecule has 0 saturated carbocycles. The third kappa shape index (κ3) is 2.76. The van der Waals surface area contributed by atoms with Crippen molar-refractivity contribution < 1.29 is 9.53 Å². The normalized spacial score (nSPS) is 11.9. The van der Waals surface area contributed by atoms with Crippen molar-refractivity contribution in [2.75, 3.05) is 7.05 Å². The Hall–Kier alpha value is -1.51. The number of ether oxygens (including phenoxy) is 1. The Morgan fingerprint density at radius 1 is 1.36 bits per heavy atom. The molecule has 0 aliphatic carbocycles. The summed E-state index contributed by atoms with van der Waals surface area (Å²) in [5.74, 6) is 0.595. The third-order valence-electron chi connectivity index (χ3n) is 1.95. The number of aryl methyl sites for hydroxylation is 1. The van der Waals surface area contributed by atoms with Gasteiger partial charge in [-0.15, -0.1) is 0 Å². The Labute approximate surface area is 84.1 Å². The van der Waals surface area contributed by atoms with Crippen LogP contribution < -0.4 is 10.1 Å². The first-order valence-electron chi connectivity index (χ1n) is 4.58. The topological polar surface area (TPSA) is 38.3 Å². The van der Waals surface area contributed by atoms with Gasteiger partial charge >= 0.3 is 0 Å². The monoisotopic (exact) mass is 193 g/mol. The first-order chi connectivity index (χ1) is 6.63. The standard InChI is InChI=1S/C11H15NO2/c1-8-4-6-10(7-5-8)14-9(2)11(13)12-3/h4-7,9H,1-3H3,(H,12,13)/t9-/m0/s1. The molecule has 1 amide bonds. The van der Waals surface area contributed by atoms with Crippen LogP contribution in [0, 0.1) is 6.92 Å². The van der Waals surface area contributed by atoms with Crippen LogP contribution in [0.25, 0.3) is 0 Å². The predicted molar refractivity (Wildman–Crippen MR) is 55.3 cm³/mol. The molecule has 0 bridgehead atoms. The summed E-state index contributed by atoms with van der Waals surface area (Å²) in [5, 5.41) is 2.53. The highest BCUT2D eigenvalue weighted by Gasteiger charge is 2.11. The molecule has 0 aromatic heterocycles. The van der Waals surface area contributed by atoms with Gasteiger partial charge in [0.05, 0.1) is 0 Å². The second kappa shape index (κ2) is 4.65. The fourth-order valence-corrected chi connectivity index (χ4v) is 1.08. The van der Waals surface area contributed by atoms with E-state index in [0.717, 1.165) is 0 Å². The molecule has 0 aliphatic heterocycles. The van der Waals surface area contributed by atoms with Crippen LogP contribution in [-0.4, -0.2) is 19.1 Å². The maximum absolute atomic E-state index is 11.1. The average Bonchev–Trinajstić information content (AvgIpc) is 2.20. The molecule has 1 atom stereocenters. The summed E-state index contributed by atoms with van der Waals surface area (Å²) in [6.45, 7) is 3.73. The van der Waals surface area contributed by atoms with Crippen molar-refractivity contribution in [1.82, 2.24) is 5.32 Å². The van der Waals surface area contributed by atoms with Gasteiger partial charge in [-0.25, -0.2) is 0 Å². The summed E-state index contributed by atoms with van der Waals surface area (Å²) in [7, 11) is 1.59. The van der Waals surface area contributed by atoms with Crippen molar-refractivity contribution in [3.05, 3.63) is 29.8 Å². The number of hydrogen-bond acceptors (Lipinski definition) is 2. The van der Waals surface area contributed by atoms with E-state index in [2.05, 4.69) is 5.32 Å². The van der Waals surface area contributed by atoms with Crippen molar-refractivity contribution in [3.63, 3.8) is 0 Å². The molecule has 0 saturated heterocycles. The Bertz CT molecular complexity index is 306. The Balaban J connectivity index is 2.60. The van der Waals surface area contributed by atoms with E-state index in [9.17, 15) is 4.79 Å². The van der Waals surface area contributed by atoms with Crippen molar-refractivity contribution in [1.29, 1.82) is 0 Å². The summed E-state index contributed by atoms with van der Waals surface area (Å²) < 4.78 is 5.41. The molecule has 0 radical (unpaired) electrons. The second-order valence-electron chi connectivity index (χ2n) is 3.19. The van der Waals surface area contributed by atoms with Crippen LogP contribution in [0.1, 0.15) is 12.5 Å². The minimum absolute atomic E-state index is 0.120. The van der Waals surface area contributed by atoms with E-state index >= 15 is 0 Å². The molecular weight excluding hydrogens is 178 g/mol. The van der Waals surface area contributed by atoms with Crippen molar-refractivity contribution in [2.24, 2.45) is 0 Å². The number of amides is 1. The number of benzene rings is 1. The minimum atomic E-state index is -0.456. The molecule has 76 valence electrons. The van der Waals surface area contributed by atoms with Gasteiger partial charge in [-0.2, -0.15) is 0 Å². The fourth-order valence-electron chi connectivity index (χ4n) is 1.08. The van der Waals surface area contributed by atoms with Crippen LogP contribution in [0.15, 0.2) is 24.3 Å². The number of carbonyl (C=O) groups excluding carboxylic acids is 1. The van der Waals surface area contributed by atoms with Gasteiger partial charge in [0, 0.05) is 7.05 Å². The Kier molecular flexibility index (Phi) is 3.51. The van der Waals surface area contributed by atoms with E-state index in [1.54, 1.807) is 14.0 Å². The molecule has 0 heterocycles. The van der Waals surface area contributed by atoms with Gasteiger partial charge in [-0.3, -0.25) is 4.79 Å². The van der Waals surface area contributed by atoms with E-state index in [0.29, 0.717) is 5.75 Å². The number of carbonyl (C=O) groups is 1. The zero-order chi connectivity index (χ0) is 10.6. The molecule has 1 aromatic carbocycles. The highest BCUT2D eigenvalue weighted by molar-refractivity contribution is 5.80. The van der Waals surface area contributed by atoms with Gasteiger partial charge in [-0.05, 0) is 26.0 Å². The summed E-state index contributed by atoms with van der Waals surface area (Å²) in [5.41, 5.74) is 1.17. The summed E-state index contributed by atoms with van der Waals surface area (Å²) in [6, 6.07) is 7.61. The zero-order valence-corrected chi connectivity index (χ0v) is 8.70. The van der Waals surface area contributed by atoms with E-state index in [1.165, 1.54) is 5.56 Å². The SMILES string of the molecule is CNC(=O)[C@H](C)Oc1ccc(C)cc1. The molecule has 1 N–H and O–H groups in total. The molecule has 14 heavy (non-hydrogen) atoms. The average molecular weight is 193 g/mol. The molecule has 3 heteroatoms. The number of likely N-dealkylation sites (N-methyl/N-ethyl adjacent to an activating group) is 1. The summed E-state index contributed by atoms with van der Waals surface area (Å²) in [4.78, 5) is 11.1. The van der Waals surface area contributed by atoms with Crippen LogP contribution in [0.4, 0.5) is 0 Å². The van der Waals surface area contributed by atoms with Crippen LogP contribution in [0.2, 0.25) is 0 Å². The lowest BCUT2D eigenvalue weighted by Gasteiger charge is -2.12. The molecule has 3 nitrogen and oxygen atoms in total. The molecule has 0 aliphatic rings. The quantitative estimate of drug-likeness (QED) is 0.790. The lowest BCUT2D eigenvalue weighted by atomic mass is 10.2. The number of rotatable bonds is 3. The summed E-state index contributed by atoms with van der Waals surface area (Å²) in [6.07, 6.45) is -0.456. The van der Waals surface area contributed by atoms with Gasteiger partial charge < -0.3 is 10.1 Å². The molecule has 1 rings (SSSR count). The lowest BCUT2D eigenvalue weighted by Crippen LogP contribution is -2.33. The highest BCUT2D eigenvalue weighted by atomic mass is 16.5. The third-order valence-corrected chi connectivity index (χ3v) is 1.95. The van der Waals surface area contributed by atoms with E-state index in [-0.39, 0.29) is 5.91 Å². The molecule has 1 aromatic rings. The Morgan fingerprint density at radius 3 is 2.43 bits per heavy atom.